The Kier molecular flexibility index (Phi) is 3.43. The molecule has 0 fully saturated rings. The minimum Gasteiger partial charge on any atom is -0.325 e. The Balaban J connectivity index is 2.74. The molecule has 1 aromatic rings. The summed E-state index contributed by atoms with van der Waals surface area (Å²) in [6, 6.07) is 5.57. The van der Waals surface area contributed by atoms with Crippen LogP contribution in [0, 0.1) is 17.1 Å². The topological polar surface area (TPSA) is 52.9 Å². The number of nitrogens with zero attached hydrogens (tertiary/aromatic N) is 1. The molecule has 1 N–H and O–H groups in total. The Bertz CT molecular complexity index is 400. The van der Waals surface area contributed by atoms with Gasteiger partial charge in [-0.2, -0.15) is 5.26 Å². The van der Waals surface area contributed by atoms with Gasteiger partial charge < -0.3 is 5.32 Å². The number of amides is 1. The van der Waals surface area contributed by atoms with Gasteiger partial charge in [0.05, 0.1) is 11.1 Å². The second-order valence-corrected chi connectivity index (χ2v) is 2.92. The highest BCUT2D eigenvalue weighted by molar-refractivity contribution is 6.30. The first kappa shape index (κ1) is 10.5. The molecule has 5 heteroatoms. The molecule has 0 aromatic heterocycles. The van der Waals surface area contributed by atoms with Crippen molar-refractivity contribution >= 4 is 23.2 Å². The summed E-state index contributed by atoms with van der Waals surface area (Å²) in [6.45, 7) is 0. The van der Waals surface area contributed by atoms with Crippen LogP contribution in [0.3, 0.4) is 0 Å². The standard InChI is InChI=1S/C9H6ClFN2O/c10-7-2-1-6(5-8(7)11)13-9(14)3-4-12/h1-2,5H,3H2,(H,13,14). The van der Waals surface area contributed by atoms with Gasteiger partial charge in [-0.3, -0.25) is 4.79 Å². The predicted molar refractivity (Wildman–Crippen MR) is 50.3 cm³/mol. The van der Waals surface area contributed by atoms with E-state index < -0.39 is 11.7 Å². The number of carbonyl (C=O) groups is 1. The molecular weight excluding hydrogens is 207 g/mol. The highest BCUT2D eigenvalue weighted by Gasteiger charge is 2.04. The second kappa shape index (κ2) is 4.58. The molecule has 0 radical (unpaired) electrons. The molecule has 1 aromatic carbocycles. The Morgan fingerprint density at radius 2 is 2.36 bits per heavy atom. The van der Waals surface area contributed by atoms with Gasteiger partial charge in [0.1, 0.15) is 12.2 Å². The van der Waals surface area contributed by atoms with Crippen molar-refractivity contribution in [3.8, 4) is 6.07 Å². The van der Waals surface area contributed by atoms with Crippen molar-refractivity contribution in [2.45, 2.75) is 6.42 Å². The summed E-state index contributed by atoms with van der Waals surface area (Å²) >= 11 is 5.44. The predicted octanol–water partition coefficient (Wildman–Crippen LogP) is 2.33. The average molecular weight is 213 g/mol. The zero-order chi connectivity index (χ0) is 10.6. The van der Waals surface area contributed by atoms with E-state index in [9.17, 15) is 9.18 Å². The van der Waals surface area contributed by atoms with E-state index in [1.54, 1.807) is 6.07 Å². The minimum absolute atomic E-state index is 0.0108. The van der Waals surface area contributed by atoms with Crippen LogP contribution in [-0.2, 0) is 4.79 Å². The van der Waals surface area contributed by atoms with Gasteiger partial charge in [-0.15, -0.1) is 0 Å². The van der Waals surface area contributed by atoms with Gasteiger partial charge in [0.2, 0.25) is 5.91 Å². The summed E-state index contributed by atoms with van der Waals surface area (Å²) < 4.78 is 12.9. The van der Waals surface area contributed by atoms with E-state index in [0.29, 0.717) is 0 Å². The molecule has 1 amide bonds. The molecule has 0 aliphatic heterocycles. The van der Waals surface area contributed by atoms with Gasteiger partial charge in [-0.05, 0) is 18.2 Å². The third-order valence-electron chi connectivity index (χ3n) is 1.44. The third-order valence-corrected chi connectivity index (χ3v) is 1.75. The number of hydrogen-bond acceptors (Lipinski definition) is 2. The number of hydrogen-bond donors (Lipinski definition) is 1. The molecule has 0 aliphatic carbocycles. The van der Waals surface area contributed by atoms with Crippen molar-refractivity contribution in [1.29, 1.82) is 5.26 Å². The molecule has 0 aliphatic rings. The first-order valence-electron chi connectivity index (χ1n) is 3.75. The number of nitrogens with one attached hydrogen (secondary N) is 1. The van der Waals surface area contributed by atoms with Crippen LogP contribution < -0.4 is 5.32 Å². The zero-order valence-corrected chi connectivity index (χ0v) is 7.81. The fourth-order valence-corrected chi connectivity index (χ4v) is 0.968. The van der Waals surface area contributed by atoms with Crippen molar-refractivity contribution in [1.82, 2.24) is 0 Å². The second-order valence-electron chi connectivity index (χ2n) is 2.51. The molecule has 0 saturated carbocycles. The number of benzene rings is 1. The molecule has 1 rings (SSSR count). The van der Waals surface area contributed by atoms with Crippen LogP contribution in [0.5, 0.6) is 0 Å². The number of rotatable bonds is 2. The van der Waals surface area contributed by atoms with E-state index in [0.717, 1.165) is 6.07 Å². The first-order chi connectivity index (χ1) is 6.63. The van der Waals surface area contributed by atoms with E-state index in [2.05, 4.69) is 5.32 Å². The van der Waals surface area contributed by atoms with Crippen LogP contribution in [0.4, 0.5) is 10.1 Å². The number of anilines is 1. The van der Waals surface area contributed by atoms with E-state index in [1.165, 1.54) is 12.1 Å². The molecule has 0 spiro atoms. The van der Waals surface area contributed by atoms with Crippen LogP contribution in [-0.4, -0.2) is 5.91 Å². The quantitative estimate of drug-likeness (QED) is 0.818. The largest absolute Gasteiger partial charge is 0.325 e. The van der Waals surface area contributed by atoms with Crippen molar-refractivity contribution in [2.24, 2.45) is 0 Å². The SMILES string of the molecule is N#CCC(=O)Nc1ccc(Cl)c(F)c1. The molecule has 3 nitrogen and oxygen atoms in total. The van der Waals surface area contributed by atoms with Crippen LogP contribution in [0.1, 0.15) is 6.42 Å². The summed E-state index contributed by atoms with van der Waals surface area (Å²) in [4.78, 5) is 10.9. The van der Waals surface area contributed by atoms with Crippen molar-refractivity contribution in [2.75, 3.05) is 5.32 Å². The average Bonchev–Trinajstić information content (AvgIpc) is 2.12. The first-order valence-corrected chi connectivity index (χ1v) is 4.13. The van der Waals surface area contributed by atoms with E-state index >= 15 is 0 Å². The molecule has 0 unspecified atom stereocenters. The third kappa shape index (κ3) is 2.71. The van der Waals surface area contributed by atoms with Crippen LogP contribution >= 0.6 is 11.6 Å². The van der Waals surface area contributed by atoms with Gasteiger partial charge in [0.15, 0.2) is 0 Å². The molecule has 14 heavy (non-hydrogen) atoms. The lowest BCUT2D eigenvalue weighted by molar-refractivity contribution is -0.115. The zero-order valence-electron chi connectivity index (χ0n) is 7.05. The van der Waals surface area contributed by atoms with Gasteiger partial charge in [0, 0.05) is 5.69 Å². The van der Waals surface area contributed by atoms with Crippen LogP contribution in [0.2, 0.25) is 5.02 Å². The van der Waals surface area contributed by atoms with Gasteiger partial charge in [-0.25, -0.2) is 4.39 Å². The fraction of sp³-hybridized carbons (Fsp3) is 0.111. The summed E-state index contributed by atoms with van der Waals surface area (Å²) in [5.74, 6) is -1.09. The van der Waals surface area contributed by atoms with Gasteiger partial charge in [-0.1, -0.05) is 11.6 Å². The van der Waals surface area contributed by atoms with Crippen LogP contribution in [0.15, 0.2) is 18.2 Å². The monoisotopic (exact) mass is 212 g/mol. The Morgan fingerprint density at radius 1 is 1.64 bits per heavy atom. The molecule has 0 saturated heterocycles. The lowest BCUT2D eigenvalue weighted by Crippen LogP contribution is -2.10. The summed E-state index contributed by atoms with van der Waals surface area (Å²) in [6.07, 6.45) is -0.260. The van der Waals surface area contributed by atoms with E-state index in [4.69, 9.17) is 16.9 Å². The smallest absolute Gasteiger partial charge is 0.238 e. The molecule has 0 atom stereocenters. The summed E-state index contributed by atoms with van der Waals surface area (Å²) in [5.41, 5.74) is 0.284. The molecular formula is C9H6ClFN2O. The fourth-order valence-electron chi connectivity index (χ4n) is 0.851. The highest BCUT2D eigenvalue weighted by Crippen LogP contribution is 2.18. The van der Waals surface area contributed by atoms with Crippen molar-refractivity contribution in [3.63, 3.8) is 0 Å². The number of halogens is 2. The normalized spacial score (nSPS) is 9.21. The molecule has 72 valence electrons. The number of carbonyl (C=O) groups excluding carboxylic acids is 1. The summed E-state index contributed by atoms with van der Waals surface area (Å²) in [7, 11) is 0. The number of nitriles is 1. The maximum Gasteiger partial charge on any atom is 0.238 e. The molecule has 0 heterocycles. The van der Waals surface area contributed by atoms with E-state index in [1.807, 2.05) is 0 Å². The molecule has 0 bridgehead atoms. The maximum absolute atomic E-state index is 12.9. The van der Waals surface area contributed by atoms with Gasteiger partial charge in [0.25, 0.3) is 0 Å². The van der Waals surface area contributed by atoms with Crippen LogP contribution in [0.25, 0.3) is 0 Å². The lowest BCUT2D eigenvalue weighted by atomic mass is 10.3. The maximum atomic E-state index is 12.9. The van der Waals surface area contributed by atoms with E-state index in [-0.39, 0.29) is 17.1 Å². The highest BCUT2D eigenvalue weighted by atomic mass is 35.5. The minimum atomic E-state index is -0.610. The Hall–Kier alpha value is -1.60. The Labute approximate surface area is 85.1 Å². The lowest BCUT2D eigenvalue weighted by Gasteiger charge is -2.02. The summed E-state index contributed by atoms with van der Waals surface area (Å²) in [5, 5.41) is 10.5. The van der Waals surface area contributed by atoms with Crippen molar-refractivity contribution in [3.05, 3.63) is 29.0 Å². The van der Waals surface area contributed by atoms with Crippen molar-refractivity contribution < 1.29 is 9.18 Å². The Morgan fingerprint density at radius 3 is 2.93 bits per heavy atom. The van der Waals surface area contributed by atoms with Gasteiger partial charge >= 0.3 is 0 Å².